The van der Waals surface area contributed by atoms with Crippen LogP contribution < -0.4 is 5.11 Å². The number of hydrogen-bond acceptors (Lipinski definition) is 2. The Bertz CT molecular complexity index is 518. The summed E-state index contributed by atoms with van der Waals surface area (Å²) in [6.07, 6.45) is 0. The summed E-state index contributed by atoms with van der Waals surface area (Å²) >= 11 is 5.87. The first kappa shape index (κ1) is 10.7. The molecule has 2 aromatic rings. The van der Waals surface area contributed by atoms with Gasteiger partial charge in [-0.25, -0.2) is 0 Å². The second kappa shape index (κ2) is 4.37. The van der Waals surface area contributed by atoms with Gasteiger partial charge in [0.2, 0.25) is 0 Å². The number of rotatable bonds is 2. The lowest BCUT2D eigenvalue weighted by Crippen LogP contribution is -2.21. The molecule has 0 saturated carbocycles. The van der Waals surface area contributed by atoms with E-state index >= 15 is 0 Å². The fourth-order valence-electron chi connectivity index (χ4n) is 1.47. The maximum absolute atomic E-state index is 10.6. The van der Waals surface area contributed by atoms with Crippen LogP contribution in [0.4, 0.5) is 0 Å². The highest BCUT2D eigenvalue weighted by molar-refractivity contribution is 6.30. The average Bonchev–Trinajstić information content (AvgIpc) is 2.29. The van der Waals surface area contributed by atoms with Crippen LogP contribution in [0.15, 0.2) is 48.5 Å². The standard InChI is InChI=1S/C13H9ClO2/c14-12-3-1-2-11(8-12)9-4-6-10(7-5-9)13(15)16/h1-8H,(H,15,16)/p-1. The van der Waals surface area contributed by atoms with Crippen LogP contribution in [0.3, 0.4) is 0 Å². The van der Waals surface area contributed by atoms with Crippen molar-refractivity contribution in [1.29, 1.82) is 0 Å². The lowest BCUT2D eigenvalue weighted by molar-refractivity contribution is -0.255. The minimum Gasteiger partial charge on any atom is -0.545 e. The second-order valence-corrected chi connectivity index (χ2v) is 3.81. The number of carbonyl (C=O) groups is 1. The summed E-state index contributed by atoms with van der Waals surface area (Å²) in [6, 6.07) is 13.9. The van der Waals surface area contributed by atoms with Crippen molar-refractivity contribution in [1.82, 2.24) is 0 Å². The van der Waals surface area contributed by atoms with E-state index in [0.29, 0.717) is 5.02 Å². The predicted molar refractivity (Wildman–Crippen MR) is 61.2 cm³/mol. The molecular formula is C13H8ClO2-. The molecule has 0 amide bonds. The zero-order valence-electron chi connectivity index (χ0n) is 8.31. The maximum Gasteiger partial charge on any atom is 0.0715 e. The Labute approximate surface area is 98.1 Å². The highest BCUT2D eigenvalue weighted by Crippen LogP contribution is 2.22. The molecule has 0 spiro atoms. The number of carbonyl (C=O) groups excluding carboxylic acids is 1. The number of carboxylic acid groups (broad SMARTS) is 1. The third kappa shape index (κ3) is 2.23. The molecule has 16 heavy (non-hydrogen) atoms. The molecule has 0 unspecified atom stereocenters. The first-order valence-electron chi connectivity index (χ1n) is 4.74. The van der Waals surface area contributed by atoms with Crippen LogP contribution in [0.25, 0.3) is 11.1 Å². The Morgan fingerprint density at radius 1 is 1.00 bits per heavy atom. The molecule has 0 aliphatic heterocycles. The van der Waals surface area contributed by atoms with Crippen LogP contribution >= 0.6 is 11.6 Å². The minimum atomic E-state index is -1.17. The largest absolute Gasteiger partial charge is 0.545 e. The SMILES string of the molecule is O=C([O-])c1ccc(-c2cccc(Cl)c2)cc1. The van der Waals surface area contributed by atoms with Gasteiger partial charge in [0, 0.05) is 5.02 Å². The fourth-order valence-corrected chi connectivity index (χ4v) is 1.66. The minimum absolute atomic E-state index is 0.172. The first-order chi connectivity index (χ1) is 7.66. The zero-order valence-corrected chi connectivity index (χ0v) is 9.07. The lowest BCUT2D eigenvalue weighted by Gasteiger charge is -2.05. The van der Waals surface area contributed by atoms with Crippen molar-refractivity contribution in [3.05, 3.63) is 59.1 Å². The second-order valence-electron chi connectivity index (χ2n) is 3.38. The van der Waals surface area contributed by atoms with Crippen LogP contribution in [0.2, 0.25) is 5.02 Å². The van der Waals surface area contributed by atoms with Gasteiger partial charge in [0.1, 0.15) is 0 Å². The molecule has 0 bridgehead atoms. The van der Waals surface area contributed by atoms with Crippen molar-refractivity contribution in [2.45, 2.75) is 0 Å². The van der Waals surface area contributed by atoms with E-state index in [9.17, 15) is 9.90 Å². The maximum atomic E-state index is 10.6. The summed E-state index contributed by atoms with van der Waals surface area (Å²) in [5.74, 6) is -1.17. The van der Waals surface area contributed by atoms with E-state index < -0.39 is 5.97 Å². The molecule has 0 saturated heterocycles. The topological polar surface area (TPSA) is 40.1 Å². The Morgan fingerprint density at radius 3 is 2.25 bits per heavy atom. The summed E-state index contributed by atoms with van der Waals surface area (Å²) in [4.78, 5) is 10.6. The third-order valence-electron chi connectivity index (χ3n) is 2.28. The Balaban J connectivity index is 2.38. The van der Waals surface area contributed by atoms with Crippen LogP contribution in [0.1, 0.15) is 10.4 Å². The molecule has 80 valence electrons. The molecule has 3 heteroatoms. The van der Waals surface area contributed by atoms with Crippen molar-refractivity contribution in [3.63, 3.8) is 0 Å². The summed E-state index contributed by atoms with van der Waals surface area (Å²) in [6.45, 7) is 0. The van der Waals surface area contributed by atoms with Gasteiger partial charge < -0.3 is 9.90 Å². The molecule has 2 nitrogen and oxygen atoms in total. The Kier molecular flexibility index (Phi) is 2.93. The third-order valence-corrected chi connectivity index (χ3v) is 2.51. The van der Waals surface area contributed by atoms with E-state index in [-0.39, 0.29) is 5.56 Å². The molecule has 0 atom stereocenters. The summed E-state index contributed by atoms with van der Waals surface area (Å²) in [7, 11) is 0. The van der Waals surface area contributed by atoms with E-state index in [1.807, 2.05) is 18.2 Å². The quantitative estimate of drug-likeness (QED) is 0.796. The predicted octanol–water partition coefficient (Wildman–Crippen LogP) is 2.37. The van der Waals surface area contributed by atoms with Crippen LogP contribution in [-0.4, -0.2) is 5.97 Å². The Hall–Kier alpha value is -1.80. The van der Waals surface area contributed by atoms with Crippen LogP contribution in [0.5, 0.6) is 0 Å². The number of aromatic carboxylic acids is 1. The number of benzene rings is 2. The van der Waals surface area contributed by atoms with Gasteiger partial charge >= 0.3 is 0 Å². The van der Waals surface area contributed by atoms with Crippen molar-refractivity contribution in [2.75, 3.05) is 0 Å². The highest BCUT2D eigenvalue weighted by atomic mass is 35.5. The van der Waals surface area contributed by atoms with Gasteiger partial charge in [0.05, 0.1) is 5.97 Å². The highest BCUT2D eigenvalue weighted by Gasteiger charge is 1.99. The molecule has 2 aromatic carbocycles. The summed E-state index contributed by atoms with van der Waals surface area (Å²) in [5.41, 5.74) is 2.05. The van der Waals surface area contributed by atoms with E-state index in [1.165, 1.54) is 12.1 Å². The summed E-state index contributed by atoms with van der Waals surface area (Å²) < 4.78 is 0. The van der Waals surface area contributed by atoms with Crippen molar-refractivity contribution in [2.24, 2.45) is 0 Å². The monoisotopic (exact) mass is 231 g/mol. The average molecular weight is 232 g/mol. The van der Waals surface area contributed by atoms with E-state index in [2.05, 4.69) is 0 Å². The van der Waals surface area contributed by atoms with E-state index in [1.54, 1.807) is 18.2 Å². The molecule has 0 aliphatic carbocycles. The molecule has 0 N–H and O–H groups in total. The van der Waals surface area contributed by atoms with Gasteiger partial charge in [-0.1, -0.05) is 48.0 Å². The normalized spacial score (nSPS) is 10.1. The number of halogens is 1. The van der Waals surface area contributed by atoms with Gasteiger partial charge in [0.15, 0.2) is 0 Å². The van der Waals surface area contributed by atoms with Gasteiger partial charge in [-0.3, -0.25) is 0 Å². The van der Waals surface area contributed by atoms with Gasteiger partial charge in [0.25, 0.3) is 0 Å². The van der Waals surface area contributed by atoms with Crippen molar-refractivity contribution in [3.8, 4) is 11.1 Å². The van der Waals surface area contributed by atoms with Crippen molar-refractivity contribution >= 4 is 17.6 Å². The molecular weight excluding hydrogens is 224 g/mol. The molecule has 2 rings (SSSR count). The van der Waals surface area contributed by atoms with Crippen LogP contribution in [0, 0.1) is 0 Å². The number of hydrogen-bond donors (Lipinski definition) is 0. The summed E-state index contributed by atoms with van der Waals surface area (Å²) in [5, 5.41) is 11.2. The molecule has 0 aromatic heterocycles. The van der Waals surface area contributed by atoms with Gasteiger partial charge in [-0.2, -0.15) is 0 Å². The number of carboxylic acids is 1. The lowest BCUT2D eigenvalue weighted by atomic mass is 10.0. The molecule has 0 radical (unpaired) electrons. The molecule has 0 aliphatic rings. The van der Waals surface area contributed by atoms with E-state index in [0.717, 1.165) is 11.1 Å². The van der Waals surface area contributed by atoms with Crippen LogP contribution in [-0.2, 0) is 0 Å². The zero-order chi connectivity index (χ0) is 11.5. The fraction of sp³-hybridized carbons (Fsp3) is 0. The first-order valence-corrected chi connectivity index (χ1v) is 5.12. The Morgan fingerprint density at radius 2 is 1.69 bits per heavy atom. The van der Waals surface area contributed by atoms with Crippen molar-refractivity contribution < 1.29 is 9.90 Å². The van der Waals surface area contributed by atoms with Gasteiger partial charge in [-0.05, 0) is 28.8 Å². The smallest absolute Gasteiger partial charge is 0.0715 e. The molecule has 0 fully saturated rings. The molecule has 0 heterocycles. The van der Waals surface area contributed by atoms with Gasteiger partial charge in [-0.15, -0.1) is 0 Å². The van der Waals surface area contributed by atoms with E-state index in [4.69, 9.17) is 11.6 Å².